The predicted molar refractivity (Wildman–Crippen MR) is 135 cm³/mol. The zero-order valence-corrected chi connectivity index (χ0v) is 22.1. The highest BCUT2D eigenvalue weighted by Gasteiger charge is 2.57. The Kier molecular flexibility index (Phi) is 8.54. The predicted octanol–water partition coefficient (Wildman–Crippen LogP) is 5.16. The molecule has 0 spiro atoms. The van der Waals surface area contributed by atoms with Crippen LogP contribution < -0.4 is 20.1 Å². The summed E-state index contributed by atoms with van der Waals surface area (Å²) >= 11 is 16.8. The number of benzene rings is 2. The van der Waals surface area contributed by atoms with Crippen LogP contribution in [0, 0.1) is 11.6 Å². The SMILES string of the molecule is O=C(COc1ccc(Cl)c(F)c1)NC12CCC(NC(=O)COc3ccc(Cl)c(F)c3)(CC1)[C@H](OC(=O)Cl)C2. The number of amides is 2. The van der Waals surface area contributed by atoms with Crippen LogP contribution in [0.2, 0.25) is 10.0 Å². The molecular formula is C25H23Cl3F2N2O6. The van der Waals surface area contributed by atoms with Gasteiger partial charge >= 0.3 is 5.43 Å². The minimum atomic E-state index is -1.04. The second kappa shape index (κ2) is 11.5. The molecule has 0 unspecified atom stereocenters. The minimum absolute atomic E-state index is 0.0639. The molecule has 3 aliphatic carbocycles. The molecule has 1 atom stereocenters. The van der Waals surface area contributed by atoms with E-state index in [1.807, 2.05) is 0 Å². The van der Waals surface area contributed by atoms with Gasteiger partial charge in [-0.1, -0.05) is 23.2 Å². The summed E-state index contributed by atoms with van der Waals surface area (Å²) in [6, 6.07) is 7.65. The van der Waals surface area contributed by atoms with Crippen molar-refractivity contribution < 1.29 is 37.4 Å². The van der Waals surface area contributed by atoms with Crippen molar-refractivity contribution in [2.24, 2.45) is 0 Å². The molecule has 2 aromatic carbocycles. The third-order valence-electron chi connectivity index (χ3n) is 6.84. The molecule has 5 rings (SSSR count). The van der Waals surface area contributed by atoms with Crippen LogP contribution in [0.1, 0.15) is 32.1 Å². The Balaban J connectivity index is 1.36. The van der Waals surface area contributed by atoms with Gasteiger partial charge in [-0.3, -0.25) is 9.59 Å². The first kappa shape index (κ1) is 28.2. The van der Waals surface area contributed by atoms with Crippen molar-refractivity contribution in [3.63, 3.8) is 0 Å². The number of hydrogen-bond acceptors (Lipinski definition) is 6. The average molecular weight is 592 g/mol. The number of rotatable bonds is 9. The highest BCUT2D eigenvalue weighted by molar-refractivity contribution is 6.61. The summed E-state index contributed by atoms with van der Waals surface area (Å²) in [6.07, 6.45) is 1.11. The molecule has 0 aliphatic heterocycles. The minimum Gasteiger partial charge on any atom is -0.484 e. The maximum atomic E-state index is 13.6. The first-order valence-electron chi connectivity index (χ1n) is 11.6. The Hall–Kier alpha value is -2.82. The Labute approximate surface area is 231 Å². The molecule has 0 aromatic heterocycles. The van der Waals surface area contributed by atoms with Crippen LogP contribution >= 0.6 is 34.8 Å². The van der Waals surface area contributed by atoms with Crippen LogP contribution in [-0.4, -0.2) is 47.6 Å². The van der Waals surface area contributed by atoms with Gasteiger partial charge in [-0.25, -0.2) is 13.6 Å². The summed E-state index contributed by atoms with van der Waals surface area (Å²) in [5.41, 5.74) is -2.68. The van der Waals surface area contributed by atoms with Crippen LogP contribution in [0.15, 0.2) is 36.4 Å². The normalized spacial score (nSPS) is 23.9. The lowest BCUT2D eigenvalue weighted by molar-refractivity contribution is -0.136. The van der Waals surface area contributed by atoms with Crippen LogP contribution in [0.3, 0.4) is 0 Å². The van der Waals surface area contributed by atoms with Crippen molar-refractivity contribution in [3.8, 4) is 11.5 Å². The largest absolute Gasteiger partial charge is 0.484 e. The van der Waals surface area contributed by atoms with Crippen molar-refractivity contribution in [1.82, 2.24) is 10.6 Å². The van der Waals surface area contributed by atoms with Crippen molar-refractivity contribution >= 4 is 52.0 Å². The summed E-state index contributed by atoms with van der Waals surface area (Å²) in [5, 5.41) is 5.70. The van der Waals surface area contributed by atoms with E-state index in [0.29, 0.717) is 25.7 Å². The van der Waals surface area contributed by atoms with E-state index in [1.165, 1.54) is 24.3 Å². The Morgan fingerprint density at radius 1 is 0.842 bits per heavy atom. The maximum Gasteiger partial charge on any atom is 0.404 e. The molecule has 13 heteroatoms. The smallest absolute Gasteiger partial charge is 0.404 e. The molecule has 8 nitrogen and oxygen atoms in total. The lowest BCUT2D eigenvalue weighted by Crippen LogP contribution is -2.71. The zero-order valence-electron chi connectivity index (χ0n) is 19.8. The van der Waals surface area contributed by atoms with E-state index in [2.05, 4.69) is 10.6 Å². The summed E-state index contributed by atoms with van der Waals surface area (Å²) in [5.74, 6) is -2.03. The van der Waals surface area contributed by atoms with Crippen LogP contribution in [0.5, 0.6) is 11.5 Å². The second-order valence-corrected chi connectivity index (χ2v) is 10.4. The number of hydrogen-bond donors (Lipinski definition) is 2. The van der Waals surface area contributed by atoms with Gasteiger partial charge in [-0.05, 0) is 49.9 Å². The van der Waals surface area contributed by atoms with E-state index in [1.54, 1.807) is 0 Å². The third-order valence-corrected chi connectivity index (χ3v) is 7.54. The fourth-order valence-corrected chi connectivity index (χ4v) is 5.32. The molecule has 2 aromatic rings. The maximum absolute atomic E-state index is 13.6. The van der Waals surface area contributed by atoms with Gasteiger partial charge in [-0.15, -0.1) is 0 Å². The van der Waals surface area contributed by atoms with Crippen molar-refractivity contribution in [2.75, 3.05) is 13.2 Å². The molecule has 38 heavy (non-hydrogen) atoms. The first-order valence-corrected chi connectivity index (χ1v) is 12.8. The highest BCUT2D eigenvalue weighted by Crippen LogP contribution is 2.48. The van der Waals surface area contributed by atoms with Gasteiger partial charge in [0, 0.05) is 35.7 Å². The van der Waals surface area contributed by atoms with Gasteiger partial charge in [0.2, 0.25) is 0 Å². The van der Waals surface area contributed by atoms with E-state index < -0.39 is 52.7 Å². The molecule has 3 fully saturated rings. The quantitative estimate of drug-likeness (QED) is 0.391. The highest BCUT2D eigenvalue weighted by atomic mass is 35.5. The van der Waals surface area contributed by atoms with Gasteiger partial charge in [0.15, 0.2) is 13.2 Å². The number of carbonyl (C=O) groups excluding carboxylic acids is 3. The van der Waals surface area contributed by atoms with Crippen molar-refractivity contribution in [2.45, 2.75) is 49.3 Å². The van der Waals surface area contributed by atoms with Gasteiger partial charge in [0.1, 0.15) is 29.2 Å². The molecule has 2 N–H and O–H groups in total. The van der Waals surface area contributed by atoms with Gasteiger partial charge in [-0.2, -0.15) is 0 Å². The third kappa shape index (κ3) is 6.59. The molecule has 3 aliphatic rings. The lowest BCUT2D eigenvalue weighted by Gasteiger charge is -2.56. The van der Waals surface area contributed by atoms with Crippen LogP contribution in [-0.2, 0) is 14.3 Å². The van der Waals surface area contributed by atoms with Crippen LogP contribution in [0.4, 0.5) is 13.6 Å². The molecule has 0 radical (unpaired) electrons. The number of ether oxygens (including phenoxy) is 3. The lowest BCUT2D eigenvalue weighted by atomic mass is 9.59. The summed E-state index contributed by atoms with van der Waals surface area (Å²) in [7, 11) is 0. The van der Waals surface area contributed by atoms with Gasteiger partial charge in [0.25, 0.3) is 11.8 Å². The molecule has 204 valence electrons. The standard InChI is InChI=1S/C25H23Cl3F2N2O6/c26-16-3-1-14(9-18(16)29)36-12-21(33)31-24-5-7-25(8-6-24,20(11-24)38-23(28)35)32-22(34)13-37-15-2-4-17(27)19(30)10-15/h1-4,9-10,20H,5-8,11-13H2,(H,31,33)(H,32,34)/t20-,24?,25?/m1/s1. The molecule has 0 heterocycles. The average Bonchev–Trinajstić information content (AvgIpc) is 2.86. The van der Waals surface area contributed by atoms with E-state index in [-0.39, 0.29) is 34.6 Å². The van der Waals surface area contributed by atoms with Crippen molar-refractivity contribution in [3.05, 3.63) is 58.1 Å². The Bertz CT molecular complexity index is 1240. The van der Waals surface area contributed by atoms with Crippen LogP contribution in [0.25, 0.3) is 0 Å². The monoisotopic (exact) mass is 590 g/mol. The second-order valence-electron chi connectivity index (χ2n) is 9.31. The van der Waals surface area contributed by atoms with E-state index in [4.69, 9.17) is 49.0 Å². The Morgan fingerprint density at radius 2 is 1.34 bits per heavy atom. The zero-order chi connectivity index (χ0) is 27.5. The van der Waals surface area contributed by atoms with Gasteiger partial charge < -0.3 is 24.8 Å². The molecule has 2 amide bonds. The number of halogens is 5. The molecular weight excluding hydrogens is 569 g/mol. The molecule has 0 saturated heterocycles. The number of fused-ring (bicyclic) bond motifs is 3. The topological polar surface area (TPSA) is 103 Å². The van der Waals surface area contributed by atoms with Gasteiger partial charge in [0.05, 0.1) is 15.6 Å². The summed E-state index contributed by atoms with van der Waals surface area (Å²) in [4.78, 5) is 37.0. The van der Waals surface area contributed by atoms with E-state index in [0.717, 1.165) is 12.1 Å². The van der Waals surface area contributed by atoms with E-state index in [9.17, 15) is 23.2 Å². The Morgan fingerprint density at radius 3 is 1.82 bits per heavy atom. The summed E-state index contributed by atoms with van der Waals surface area (Å²) in [6.45, 7) is -0.776. The fraction of sp³-hybridized carbons (Fsp3) is 0.400. The molecule has 2 bridgehead atoms. The summed E-state index contributed by atoms with van der Waals surface area (Å²) < 4.78 is 43.3. The van der Waals surface area contributed by atoms with Crippen molar-refractivity contribution in [1.29, 1.82) is 0 Å². The van der Waals surface area contributed by atoms with E-state index >= 15 is 0 Å². The fourth-order valence-electron chi connectivity index (χ4n) is 4.98. The number of carbonyl (C=O) groups is 3. The number of nitrogens with one attached hydrogen (secondary N) is 2. The first-order chi connectivity index (χ1) is 18.0. The molecule has 3 saturated carbocycles.